The van der Waals surface area contributed by atoms with E-state index in [4.69, 9.17) is 16.3 Å². The van der Waals surface area contributed by atoms with Gasteiger partial charge in [0.1, 0.15) is 5.69 Å². The topological polar surface area (TPSA) is 47.9 Å². The van der Waals surface area contributed by atoms with E-state index in [0.29, 0.717) is 10.7 Å². The number of ether oxygens (including phenoxy) is 1. The number of methoxy groups -OCH3 is 1. The van der Waals surface area contributed by atoms with Crippen molar-refractivity contribution >= 4 is 11.6 Å². The molecule has 0 saturated carbocycles. The minimum absolute atomic E-state index is 0.109. The molecule has 0 N–H and O–H groups in total. The molecule has 82 valence electrons. The molecule has 0 saturated heterocycles. The first kappa shape index (κ1) is 10.8. The molecule has 2 heterocycles. The lowest BCUT2D eigenvalue weighted by Gasteiger charge is -2.03. The summed E-state index contributed by atoms with van der Waals surface area (Å²) in [6.45, 7) is 0. The van der Waals surface area contributed by atoms with E-state index in [1.807, 2.05) is 0 Å². The van der Waals surface area contributed by atoms with Gasteiger partial charge in [0.2, 0.25) is 5.82 Å². The smallest absolute Gasteiger partial charge is 0.253 e. The standard InChI is InChI=1S/C10H7ClFN3O/c1-16-10-7(12)5-14-9(15-10)8-3-2-6(11)4-13-8/h2-5H,1H3. The van der Waals surface area contributed by atoms with E-state index in [1.54, 1.807) is 12.1 Å². The monoisotopic (exact) mass is 239 g/mol. The Morgan fingerprint density at radius 3 is 2.69 bits per heavy atom. The first-order chi connectivity index (χ1) is 7.70. The second kappa shape index (κ2) is 4.40. The summed E-state index contributed by atoms with van der Waals surface area (Å²) >= 11 is 5.69. The van der Waals surface area contributed by atoms with Gasteiger partial charge in [-0.25, -0.2) is 4.98 Å². The molecule has 6 heteroatoms. The van der Waals surface area contributed by atoms with Gasteiger partial charge in [0.25, 0.3) is 5.88 Å². The highest BCUT2D eigenvalue weighted by Gasteiger charge is 2.09. The van der Waals surface area contributed by atoms with E-state index in [0.717, 1.165) is 6.20 Å². The minimum Gasteiger partial charge on any atom is -0.479 e. The third-order valence-corrected chi connectivity index (χ3v) is 2.09. The molecule has 0 amide bonds. The normalized spacial score (nSPS) is 10.2. The highest BCUT2D eigenvalue weighted by Crippen LogP contribution is 2.18. The Labute approximate surface area is 96.1 Å². The van der Waals surface area contributed by atoms with Crippen molar-refractivity contribution in [2.45, 2.75) is 0 Å². The third kappa shape index (κ3) is 2.09. The zero-order valence-corrected chi connectivity index (χ0v) is 9.07. The van der Waals surface area contributed by atoms with Crippen LogP contribution in [0.2, 0.25) is 5.02 Å². The number of halogens is 2. The Balaban J connectivity index is 2.44. The number of aromatic nitrogens is 3. The number of hydrogen-bond donors (Lipinski definition) is 0. The third-order valence-electron chi connectivity index (χ3n) is 1.86. The lowest BCUT2D eigenvalue weighted by Crippen LogP contribution is -1.97. The lowest BCUT2D eigenvalue weighted by atomic mass is 10.3. The van der Waals surface area contributed by atoms with Crippen molar-refractivity contribution in [2.24, 2.45) is 0 Å². The van der Waals surface area contributed by atoms with Crippen LogP contribution < -0.4 is 4.74 Å². The molecule has 16 heavy (non-hydrogen) atoms. The van der Waals surface area contributed by atoms with Crippen molar-refractivity contribution in [1.82, 2.24) is 15.0 Å². The maximum absolute atomic E-state index is 13.1. The fourth-order valence-electron chi connectivity index (χ4n) is 1.13. The van der Waals surface area contributed by atoms with Crippen molar-refractivity contribution in [3.05, 3.63) is 35.4 Å². The Bertz CT molecular complexity index is 504. The van der Waals surface area contributed by atoms with Gasteiger partial charge in [-0.05, 0) is 12.1 Å². The van der Waals surface area contributed by atoms with E-state index in [-0.39, 0.29) is 11.7 Å². The van der Waals surface area contributed by atoms with Crippen LogP contribution in [0.5, 0.6) is 5.88 Å². The summed E-state index contributed by atoms with van der Waals surface area (Å²) in [6.07, 6.45) is 2.51. The summed E-state index contributed by atoms with van der Waals surface area (Å²) in [7, 11) is 1.34. The molecule has 0 spiro atoms. The Kier molecular flexibility index (Phi) is 2.96. The van der Waals surface area contributed by atoms with Crippen LogP contribution in [0.15, 0.2) is 24.5 Å². The van der Waals surface area contributed by atoms with Gasteiger partial charge >= 0.3 is 0 Å². The van der Waals surface area contributed by atoms with Crippen molar-refractivity contribution < 1.29 is 9.13 Å². The maximum Gasteiger partial charge on any atom is 0.253 e. The van der Waals surface area contributed by atoms with Gasteiger partial charge in [-0.15, -0.1) is 0 Å². The average Bonchev–Trinajstić information content (AvgIpc) is 2.31. The van der Waals surface area contributed by atoms with Gasteiger partial charge in [-0.3, -0.25) is 4.98 Å². The Morgan fingerprint density at radius 2 is 2.06 bits per heavy atom. The molecular formula is C10H7ClFN3O. The molecule has 0 radical (unpaired) electrons. The molecule has 0 fully saturated rings. The first-order valence-corrected chi connectivity index (χ1v) is 4.77. The molecule has 2 aromatic rings. The predicted molar refractivity (Wildman–Crippen MR) is 56.8 cm³/mol. The molecule has 2 aromatic heterocycles. The Hall–Kier alpha value is -1.75. The highest BCUT2D eigenvalue weighted by atomic mass is 35.5. The van der Waals surface area contributed by atoms with Crippen LogP contribution in [-0.2, 0) is 0 Å². The van der Waals surface area contributed by atoms with Crippen molar-refractivity contribution in [3.63, 3.8) is 0 Å². The van der Waals surface area contributed by atoms with E-state index < -0.39 is 5.82 Å². The fourth-order valence-corrected chi connectivity index (χ4v) is 1.24. The summed E-state index contributed by atoms with van der Waals surface area (Å²) < 4.78 is 17.8. The minimum atomic E-state index is -0.611. The van der Waals surface area contributed by atoms with Crippen molar-refractivity contribution in [1.29, 1.82) is 0 Å². The molecule has 0 aromatic carbocycles. The molecule has 0 atom stereocenters. The van der Waals surface area contributed by atoms with Gasteiger partial charge in [0.05, 0.1) is 18.3 Å². The summed E-state index contributed by atoms with van der Waals surface area (Å²) in [6, 6.07) is 3.30. The van der Waals surface area contributed by atoms with Crippen LogP contribution in [0.1, 0.15) is 0 Å². The summed E-state index contributed by atoms with van der Waals surface area (Å²) in [5.41, 5.74) is 0.503. The van der Waals surface area contributed by atoms with E-state index in [2.05, 4.69) is 15.0 Å². The van der Waals surface area contributed by atoms with Crippen LogP contribution in [0.3, 0.4) is 0 Å². The fraction of sp³-hybridized carbons (Fsp3) is 0.100. The summed E-state index contributed by atoms with van der Waals surface area (Å²) in [5.74, 6) is -0.433. The van der Waals surface area contributed by atoms with Crippen LogP contribution in [-0.4, -0.2) is 22.1 Å². The number of hydrogen-bond acceptors (Lipinski definition) is 4. The summed E-state index contributed by atoms with van der Waals surface area (Å²) in [5, 5.41) is 0.512. The summed E-state index contributed by atoms with van der Waals surface area (Å²) in [4.78, 5) is 11.7. The molecule has 0 aliphatic heterocycles. The van der Waals surface area contributed by atoms with Gasteiger partial charge in [0.15, 0.2) is 5.82 Å². The Morgan fingerprint density at radius 1 is 1.25 bits per heavy atom. The highest BCUT2D eigenvalue weighted by molar-refractivity contribution is 6.30. The van der Waals surface area contributed by atoms with Crippen molar-refractivity contribution in [2.75, 3.05) is 7.11 Å². The lowest BCUT2D eigenvalue weighted by molar-refractivity contribution is 0.367. The van der Waals surface area contributed by atoms with Crippen LogP contribution in [0.25, 0.3) is 11.5 Å². The molecular weight excluding hydrogens is 233 g/mol. The van der Waals surface area contributed by atoms with Crippen LogP contribution in [0, 0.1) is 5.82 Å². The molecule has 4 nitrogen and oxygen atoms in total. The van der Waals surface area contributed by atoms with Gasteiger partial charge in [-0.1, -0.05) is 11.6 Å². The van der Waals surface area contributed by atoms with Gasteiger partial charge < -0.3 is 4.74 Å². The first-order valence-electron chi connectivity index (χ1n) is 4.39. The largest absolute Gasteiger partial charge is 0.479 e. The van der Waals surface area contributed by atoms with E-state index >= 15 is 0 Å². The second-order valence-corrected chi connectivity index (χ2v) is 3.35. The van der Waals surface area contributed by atoms with E-state index in [9.17, 15) is 4.39 Å². The van der Waals surface area contributed by atoms with Crippen LogP contribution in [0.4, 0.5) is 4.39 Å². The maximum atomic E-state index is 13.1. The van der Waals surface area contributed by atoms with Crippen molar-refractivity contribution in [3.8, 4) is 17.4 Å². The average molecular weight is 240 g/mol. The SMILES string of the molecule is COc1nc(-c2ccc(Cl)cn2)ncc1F. The second-order valence-electron chi connectivity index (χ2n) is 2.91. The number of nitrogens with zero attached hydrogens (tertiary/aromatic N) is 3. The molecule has 0 unspecified atom stereocenters. The molecule has 2 rings (SSSR count). The molecule has 0 aliphatic carbocycles. The van der Waals surface area contributed by atoms with Gasteiger partial charge in [-0.2, -0.15) is 9.37 Å². The predicted octanol–water partition coefficient (Wildman–Crippen LogP) is 2.34. The molecule has 0 aliphatic rings. The molecule has 0 bridgehead atoms. The van der Waals surface area contributed by atoms with Gasteiger partial charge in [0, 0.05) is 6.20 Å². The van der Waals surface area contributed by atoms with E-state index in [1.165, 1.54) is 13.3 Å². The number of pyridine rings is 1. The zero-order chi connectivity index (χ0) is 11.5. The van der Waals surface area contributed by atoms with Crippen LogP contribution >= 0.6 is 11.6 Å². The number of rotatable bonds is 2. The zero-order valence-electron chi connectivity index (χ0n) is 8.32. The quantitative estimate of drug-likeness (QED) is 0.807.